The van der Waals surface area contributed by atoms with Crippen molar-refractivity contribution in [3.05, 3.63) is 39.7 Å². The number of rotatable bonds is 9. The first-order valence-corrected chi connectivity index (χ1v) is 10.1. The summed E-state index contributed by atoms with van der Waals surface area (Å²) in [5.41, 5.74) is 1.13. The van der Waals surface area contributed by atoms with E-state index in [4.69, 9.17) is 4.42 Å². The predicted molar refractivity (Wildman–Crippen MR) is 124 cm³/mol. The standard InChI is InChI=1S/C19H31N5OS.HI/c1-6-24(7-2)16(17-9-8-12-25-17)13-22-19(20-5)21-11-10-18-23-14(3)15(4)26-18;/h8-9,12,16H,6-7,10-11,13H2,1-5H3,(H2,20,21,22);1H. The molecule has 2 rings (SSSR count). The minimum atomic E-state index is 0. The van der Waals surface area contributed by atoms with Gasteiger partial charge in [0, 0.05) is 31.4 Å². The van der Waals surface area contributed by atoms with Gasteiger partial charge < -0.3 is 15.1 Å². The lowest BCUT2D eigenvalue weighted by Crippen LogP contribution is -2.43. The molecule has 152 valence electrons. The highest BCUT2D eigenvalue weighted by Crippen LogP contribution is 2.20. The number of hydrogen-bond acceptors (Lipinski definition) is 5. The van der Waals surface area contributed by atoms with Crippen LogP contribution in [-0.4, -0.2) is 49.1 Å². The third-order valence-electron chi connectivity index (χ3n) is 4.52. The number of guanidine groups is 1. The summed E-state index contributed by atoms with van der Waals surface area (Å²) in [5.74, 6) is 1.78. The number of likely N-dealkylation sites (N-methyl/N-ethyl adjacent to an activating group) is 1. The zero-order chi connectivity index (χ0) is 18.9. The predicted octanol–water partition coefficient (Wildman–Crippen LogP) is 3.76. The van der Waals surface area contributed by atoms with E-state index in [0.29, 0.717) is 0 Å². The summed E-state index contributed by atoms with van der Waals surface area (Å²) in [6.45, 7) is 12.0. The lowest BCUT2D eigenvalue weighted by molar-refractivity contribution is 0.193. The molecule has 2 aromatic rings. The van der Waals surface area contributed by atoms with Gasteiger partial charge in [-0.05, 0) is 39.1 Å². The molecule has 0 aliphatic heterocycles. The Hall–Kier alpha value is -1.13. The molecule has 0 amide bonds. The average Bonchev–Trinajstić information content (AvgIpc) is 3.27. The molecule has 0 radical (unpaired) electrons. The van der Waals surface area contributed by atoms with Crippen molar-refractivity contribution in [3.63, 3.8) is 0 Å². The number of hydrogen-bond donors (Lipinski definition) is 2. The maximum atomic E-state index is 5.65. The number of nitrogens with one attached hydrogen (secondary N) is 2. The molecule has 8 heteroatoms. The highest BCUT2D eigenvalue weighted by atomic mass is 127. The van der Waals surface area contributed by atoms with Crippen LogP contribution in [0.3, 0.4) is 0 Å². The van der Waals surface area contributed by atoms with Crippen molar-refractivity contribution in [2.24, 2.45) is 4.99 Å². The third kappa shape index (κ3) is 7.08. The number of thiazole rings is 1. The highest BCUT2D eigenvalue weighted by molar-refractivity contribution is 14.0. The van der Waals surface area contributed by atoms with Crippen LogP contribution in [0.25, 0.3) is 0 Å². The summed E-state index contributed by atoms with van der Waals surface area (Å²) < 4.78 is 5.65. The molecule has 0 saturated heterocycles. The molecule has 0 saturated carbocycles. The van der Waals surface area contributed by atoms with Gasteiger partial charge in [-0.1, -0.05) is 13.8 Å². The second-order valence-corrected chi connectivity index (χ2v) is 7.42. The van der Waals surface area contributed by atoms with Crippen LogP contribution in [0.5, 0.6) is 0 Å². The van der Waals surface area contributed by atoms with Crippen molar-refractivity contribution in [1.29, 1.82) is 0 Å². The van der Waals surface area contributed by atoms with Crippen molar-refractivity contribution in [3.8, 4) is 0 Å². The van der Waals surface area contributed by atoms with Gasteiger partial charge in [0.1, 0.15) is 5.76 Å². The molecular weight excluding hydrogens is 473 g/mol. The Kier molecular flexibility index (Phi) is 10.9. The number of aryl methyl sites for hydroxylation is 2. The SMILES string of the molecule is CCN(CC)C(CNC(=NC)NCCc1nc(C)c(C)s1)c1ccco1.I. The molecule has 0 spiro atoms. The smallest absolute Gasteiger partial charge is 0.191 e. The van der Waals surface area contributed by atoms with E-state index in [1.807, 2.05) is 12.1 Å². The number of aromatic nitrogens is 1. The molecular formula is C19H32IN5OS. The van der Waals surface area contributed by atoms with Gasteiger partial charge in [-0.15, -0.1) is 35.3 Å². The van der Waals surface area contributed by atoms with Crippen LogP contribution in [-0.2, 0) is 6.42 Å². The normalized spacial score (nSPS) is 12.7. The van der Waals surface area contributed by atoms with E-state index in [9.17, 15) is 0 Å². The molecule has 0 aliphatic rings. The first kappa shape index (κ1) is 23.9. The van der Waals surface area contributed by atoms with Crippen LogP contribution in [0, 0.1) is 13.8 Å². The summed E-state index contributed by atoms with van der Waals surface area (Å²) in [5, 5.41) is 7.97. The largest absolute Gasteiger partial charge is 0.468 e. The van der Waals surface area contributed by atoms with Crippen molar-refractivity contribution in [2.75, 3.05) is 33.2 Å². The Bertz CT molecular complexity index is 663. The summed E-state index contributed by atoms with van der Waals surface area (Å²) in [6.07, 6.45) is 2.63. The number of aliphatic imine (C=N–C) groups is 1. The minimum absolute atomic E-state index is 0. The third-order valence-corrected chi connectivity index (χ3v) is 5.65. The van der Waals surface area contributed by atoms with E-state index in [0.717, 1.165) is 50.0 Å². The van der Waals surface area contributed by atoms with Gasteiger partial charge in [-0.3, -0.25) is 9.89 Å². The maximum Gasteiger partial charge on any atom is 0.191 e. The highest BCUT2D eigenvalue weighted by Gasteiger charge is 2.20. The van der Waals surface area contributed by atoms with E-state index >= 15 is 0 Å². The quantitative estimate of drug-likeness (QED) is 0.309. The van der Waals surface area contributed by atoms with Crippen LogP contribution < -0.4 is 10.6 Å². The van der Waals surface area contributed by atoms with E-state index < -0.39 is 0 Å². The van der Waals surface area contributed by atoms with Gasteiger partial charge in [0.05, 0.1) is 23.0 Å². The lowest BCUT2D eigenvalue weighted by Gasteiger charge is -2.28. The Labute approximate surface area is 183 Å². The summed E-state index contributed by atoms with van der Waals surface area (Å²) in [7, 11) is 1.80. The van der Waals surface area contributed by atoms with E-state index in [1.165, 1.54) is 9.88 Å². The Balaban J connectivity index is 0.00000364. The summed E-state index contributed by atoms with van der Waals surface area (Å²) in [4.78, 5) is 12.6. The number of nitrogens with zero attached hydrogens (tertiary/aromatic N) is 3. The van der Waals surface area contributed by atoms with E-state index in [2.05, 4.69) is 53.2 Å². The lowest BCUT2D eigenvalue weighted by atomic mass is 10.2. The number of furan rings is 1. The zero-order valence-electron chi connectivity index (χ0n) is 16.9. The molecule has 2 aromatic heterocycles. The number of halogens is 1. The monoisotopic (exact) mass is 505 g/mol. The molecule has 2 N–H and O–H groups in total. The molecule has 0 aliphatic carbocycles. The molecule has 2 heterocycles. The van der Waals surface area contributed by atoms with Crippen molar-refractivity contribution < 1.29 is 4.42 Å². The van der Waals surface area contributed by atoms with Gasteiger partial charge in [0.15, 0.2) is 5.96 Å². The van der Waals surface area contributed by atoms with E-state index in [1.54, 1.807) is 24.6 Å². The van der Waals surface area contributed by atoms with Crippen LogP contribution in [0.15, 0.2) is 27.8 Å². The Morgan fingerprint density at radius 3 is 2.56 bits per heavy atom. The molecule has 6 nitrogen and oxygen atoms in total. The van der Waals surface area contributed by atoms with Gasteiger partial charge in [-0.25, -0.2) is 4.98 Å². The van der Waals surface area contributed by atoms with Gasteiger partial charge in [0.2, 0.25) is 0 Å². The molecule has 27 heavy (non-hydrogen) atoms. The molecule has 0 fully saturated rings. The van der Waals surface area contributed by atoms with Crippen molar-refractivity contribution in [2.45, 2.75) is 40.2 Å². The minimum Gasteiger partial charge on any atom is -0.468 e. The Morgan fingerprint density at radius 1 is 1.30 bits per heavy atom. The van der Waals surface area contributed by atoms with Crippen LogP contribution in [0.1, 0.15) is 41.2 Å². The van der Waals surface area contributed by atoms with Crippen molar-refractivity contribution in [1.82, 2.24) is 20.5 Å². The zero-order valence-corrected chi connectivity index (χ0v) is 20.1. The van der Waals surface area contributed by atoms with Gasteiger partial charge in [-0.2, -0.15) is 0 Å². The van der Waals surface area contributed by atoms with E-state index in [-0.39, 0.29) is 30.0 Å². The average molecular weight is 505 g/mol. The fraction of sp³-hybridized carbons (Fsp3) is 0.579. The first-order valence-electron chi connectivity index (χ1n) is 9.23. The fourth-order valence-corrected chi connectivity index (χ4v) is 3.84. The van der Waals surface area contributed by atoms with Crippen LogP contribution in [0.4, 0.5) is 0 Å². The van der Waals surface area contributed by atoms with Gasteiger partial charge >= 0.3 is 0 Å². The molecule has 0 bridgehead atoms. The maximum absolute atomic E-state index is 5.65. The Morgan fingerprint density at radius 2 is 2.04 bits per heavy atom. The summed E-state index contributed by atoms with van der Waals surface area (Å²) in [6, 6.07) is 4.16. The first-order chi connectivity index (χ1) is 12.6. The van der Waals surface area contributed by atoms with Gasteiger partial charge in [0.25, 0.3) is 0 Å². The van der Waals surface area contributed by atoms with Crippen LogP contribution >= 0.6 is 35.3 Å². The molecule has 1 atom stereocenters. The second-order valence-electron chi connectivity index (χ2n) is 6.13. The molecule has 0 aromatic carbocycles. The topological polar surface area (TPSA) is 65.7 Å². The fourth-order valence-electron chi connectivity index (χ4n) is 2.90. The second kappa shape index (κ2) is 12.4. The van der Waals surface area contributed by atoms with Crippen molar-refractivity contribution >= 4 is 41.3 Å². The van der Waals surface area contributed by atoms with Crippen LogP contribution in [0.2, 0.25) is 0 Å². The molecule has 1 unspecified atom stereocenters. The summed E-state index contributed by atoms with van der Waals surface area (Å²) >= 11 is 1.77.